The molecule has 0 saturated heterocycles. The van der Waals surface area contributed by atoms with Crippen LogP contribution in [0.5, 0.6) is 0 Å². The molecule has 2 aliphatic rings. The van der Waals surface area contributed by atoms with E-state index in [1.807, 2.05) is 6.07 Å². The van der Waals surface area contributed by atoms with E-state index in [2.05, 4.69) is 6.08 Å². The molecule has 1 saturated carbocycles. The van der Waals surface area contributed by atoms with E-state index >= 15 is 0 Å². The fourth-order valence-electron chi connectivity index (χ4n) is 4.84. The molecule has 2 aliphatic carbocycles. The van der Waals surface area contributed by atoms with Crippen molar-refractivity contribution in [3.63, 3.8) is 0 Å². The van der Waals surface area contributed by atoms with Crippen LogP contribution in [0.25, 0.3) is 16.7 Å². The summed E-state index contributed by atoms with van der Waals surface area (Å²) in [4.78, 5) is 0. The first kappa shape index (κ1) is 20.2. The van der Waals surface area contributed by atoms with Crippen LogP contribution in [-0.4, -0.2) is 6.17 Å². The largest absolute Gasteiger partial charge is 0.247 e. The summed E-state index contributed by atoms with van der Waals surface area (Å²) in [6, 6.07) is 7.24. The maximum atomic E-state index is 14.8. The Bertz CT molecular complexity index is 899. The molecular weight excluding hydrogens is 376 g/mol. The highest BCUT2D eigenvalue weighted by Crippen LogP contribution is 2.41. The molecule has 1 atom stereocenters. The molecule has 0 bridgehead atoms. The Hall–Kier alpha value is -2.10. The van der Waals surface area contributed by atoms with Gasteiger partial charge in [-0.05, 0) is 98.6 Å². The van der Waals surface area contributed by atoms with Gasteiger partial charge in [-0.3, -0.25) is 0 Å². The maximum absolute atomic E-state index is 14.8. The van der Waals surface area contributed by atoms with Crippen molar-refractivity contribution in [3.8, 4) is 11.1 Å². The molecule has 1 fully saturated rings. The number of hydrogen-bond donors (Lipinski definition) is 0. The van der Waals surface area contributed by atoms with Gasteiger partial charge >= 0.3 is 0 Å². The van der Waals surface area contributed by atoms with Crippen LogP contribution in [0.1, 0.15) is 56.1 Å². The van der Waals surface area contributed by atoms with E-state index < -0.39 is 23.6 Å². The Kier molecular flexibility index (Phi) is 5.80. The number of rotatable bonds is 3. The lowest BCUT2D eigenvalue weighted by atomic mass is 9.73. The molecule has 154 valence electrons. The van der Waals surface area contributed by atoms with Crippen LogP contribution in [0.15, 0.2) is 36.4 Å². The highest BCUT2D eigenvalue weighted by atomic mass is 19.1. The van der Waals surface area contributed by atoms with Crippen molar-refractivity contribution in [1.29, 1.82) is 0 Å². The molecule has 0 amide bonds. The molecule has 2 aromatic rings. The minimum Gasteiger partial charge on any atom is -0.247 e. The normalized spacial score (nSPS) is 25.0. The lowest BCUT2D eigenvalue weighted by Gasteiger charge is -2.33. The molecule has 0 N–H and O–H groups in total. The van der Waals surface area contributed by atoms with Crippen molar-refractivity contribution in [2.75, 3.05) is 0 Å². The van der Waals surface area contributed by atoms with Crippen molar-refractivity contribution < 1.29 is 17.6 Å². The van der Waals surface area contributed by atoms with Crippen LogP contribution in [0.4, 0.5) is 17.6 Å². The van der Waals surface area contributed by atoms with Gasteiger partial charge in [0.25, 0.3) is 0 Å². The predicted octanol–water partition coefficient (Wildman–Crippen LogP) is 7.79. The van der Waals surface area contributed by atoms with E-state index in [-0.39, 0.29) is 16.7 Å². The first-order chi connectivity index (χ1) is 13.9. The molecule has 0 spiro atoms. The molecule has 2 aromatic carbocycles. The first-order valence-electron chi connectivity index (χ1n) is 10.5. The Balaban J connectivity index is 1.50. The van der Waals surface area contributed by atoms with E-state index in [0.29, 0.717) is 24.7 Å². The summed E-state index contributed by atoms with van der Waals surface area (Å²) >= 11 is 0. The van der Waals surface area contributed by atoms with Crippen LogP contribution in [0.3, 0.4) is 0 Å². The molecule has 0 radical (unpaired) electrons. The Morgan fingerprint density at radius 2 is 1.41 bits per heavy atom. The second-order valence-electron chi connectivity index (χ2n) is 8.54. The van der Waals surface area contributed by atoms with Crippen LogP contribution in [0.2, 0.25) is 0 Å². The van der Waals surface area contributed by atoms with Crippen molar-refractivity contribution in [3.05, 3.63) is 65.0 Å². The first-order valence-corrected chi connectivity index (χ1v) is 10.5. The Labute approximate surface area is 169 Å². The van der Waals surface area contributed by atoms with Crippen molar-refractivity contribution in [1.82, 2.24) is 0 Å². The van der Waals surface area contributed by atoms with E-state index in [9.17, 15) is 17.6 Å². The third-order valence-electron chi connectivity index (χ3n) is 6.75. The second-order valence-corrected chi connectivity index (χ2v) is 8.54. The summed E-state index contributed by atoms with van der Waals surface area (Å²) < 4.78 is 55.8. The second kappa shape index (κ2) is 8.33. The fraction of sp³-hybridized carbons (Fsp3) is 0.440. The highest BCUT2D eigenvalue weighted by molar-refractivity contribution is 5.71. The molecule has 0 aliphatic heterocycles. The summed E-state index contributed by atoms with van der Waals surface area (Å²) in [5, 5.41) is 0. The molecule has 4 heteroatoms. The third-order valence-corrected chi connectivity index (χ3v) is 6.75. The van der Waals surface area contributed by atoms with Gasteiger partial charge in [-0.25, -0.2) is 17.6 Å². The smallest absolute Gasteiger partial charge is 0.131 e. The summed E-state index contributed by atoms with van der Waals surface area (Å²) in [5.74, 6) is -0.633. The summed E-state index contributed by atoms with van der Waals surface area (Å²) in [7, 11) is 0. The van der Waals surface area contributed by atoms with Gasteiger partial charge < -0.3 is 0 Å². The van der Waals surface area contributed by atoms with Crippen molar-refractivity contribution in [2.45, 2.75) is 58.0 Å². The van der Waals surface area contributed by atoms with Crippen molar-refractivity contribution >= 4 is 5.57 Å². The molecule has 0 heterocycles. The minimum atomic E-state index is -0.675. The topological polar surface area (TPSA) is 0 Å². The van der Waals surface area contributed by atoms with E-state index in [1.165, 1.54) is 25.1 Å². The molecule has 0 aromatic heterocycles. The Morgan fingerprint density at radius 3 is 2.00 bits per heavy atom. The van der Waals surface area contributed by atoms with Gasteiger partial charge in [0.1, 0.15) is 23.6 Å². The van der Waals surface area contributed by atoms with Crippen LogP contribution in [0, 0.1) is 36.2 Å². The maximum Gasteiger partial charge on any atom is 0.131 e. The third kappa shape index (κ3) is 4.26. The molecule has 0 nitrogen and oxygen atoms in total. The van der Waals surface area contributed by atoms with Crippen molar-refractivity contribution in [2.24, 2.45) is 11.8 Å². The van der Waals surface area contributed by atoms with Gasteiger partial charge in [-0.2, -0.15) is 0 Å². The zero-order chi connectivity index (χ0) is 20.5. The number of halogens is 4. The average Bonchev–Trinajstić information content (AvgIpc) is 2.72. The minimum absolute atomic E-state index is 0.0623. The van der Waals surface area contributed by atoms with Gasteiger partial charge in [0.15, 0.2) is 0 Å². The number of benzene rings is 2. The van der Waals surface area contributed by atoms with E-state index in [4.69, 9.17) is 0 Å². The quantitative estimate of drug-likeness (QED) is 0.460. The summed E-state index contributed by atoms with van der Waals surface area (Å²) in [6.07, 6.45) is 7.76. The van der Waals surface area contributed by atoms with Crippen LogP contribution >= 0.6 is 0 Å². The van der Waals surface area contributed by atoms with Gasteiger partial charge in [0.2, 0.25) is 0 Å². The standard InChI is InChI=1S/C25H26F4/c1-15-23(27)13-20(14-24(15)28)22-11-8-19(12-25(22)29)18-4-2-16(3-5-18)17-6-9-21(26)10-7-17/h4,8,11-14,16-17,21H,2-3,5-7,9-10H2,1H3. The number of allylic oxidation sites excluding steroid dienone is 2. The molecular formula is C25H26F4. The summed E-state index contributed by atoms with van der Waals surface area (Å²) in [5.41, 5.74) is 2.28. The van der Waals surface area contributed by atoms with Gasteiger partial charge in [0, 0.05) is 11.1 Å². The Morgan fingerprint density at radius 1 is 0.759 bits per heavy atom. The van der Waals surface area contributed by atoms with Crippen LogP contribution in [-0.2, 0) is 0 Å². The fourth-order valence-corrected chi connectivity index (χ4v) is 4.84. The zero-order valence-electron chi connectivity index (χ0n) is 16.7. The number of hydrogen-bond acceptors (Lipinski definition) is 0. The zero-order valence-corrected chi connectivity index (χ0v) is 16.7. The van der Waals surface area contributed by atoms with E-state index in [0.717, 1.165) is 43.2 Å². The van der Waals surface area contributed by atoms with Gasteiger partial charge in [-0.15, -0.1) is 0 Å². The lowest BCUT2D eigenvalue weighted by Crippen LogP contribution is -2.23. The average molecular weight is 402 g/mol. The molecule has 29 heavy (non-hydrogen) atoms. The van der Waals surface area contributed by atoms with E-state index in [1.54, 1.807) is 6.07 Å². The summed E-state index contributed by atoms with van der Waals surface area (Å²) in [6.45, 7) is 1.36. The SMILES string of the molecule is Cc1c(F)cc(-c2ccc(C3=CCC(C4CCC(F)CC4)CC3)cc2F)cc1F. The molecule has 1 unspecified atom stereocenters. The van der Waals surface area contributed by atoms with Crippen LogP contribution < -0.4 is 0 Å². The monoisotopic (exact) mass is 402 g/mol. The lowest BCUT2D eigenvalue weighted by molar-refractivity contribution is 0.160. The van der Waals surface area contributed by atoms with Gasteiger partial charge in [-0.1, -0.05) is 18.2 Å². The predicted molar refractivity (Wildman–Crippen MR) is 109 cm³/mol. The van der Waals surface area contributed by atoms with Gasteiger partial charge in [0.05, 0.1) is 0 Å². The number of alkyl halides is 1. The molecule has 4 rings (SSSR count). The highest BCUT2D eigenvalue weighted by Gasteiger charge is 2.28.